The number of urea groups is 1. The van der Waals surface area contributed by atoms with Crippen LogP contribution in [-0.2, 0) is 4.79 Å². The van der Waals surface area contributed by atoms with Gasteiger partial charge in [0.15, 0.2) is 0 Å². The summed E-state index contributed by atoms with van der Waals surface area (Å²) in [7, 11) is 0. The molecule has 1 atom stereocenters. The second-order valence-corrected chi connectivity index (χ2v) is 6.51. The SMILES string of the molecule is CC[C@H](NC(=O)C1CCC(NC(N)=O)CC1)c1ccc(Cl)cc1. The molecular formula is C17H24ClN3O2. The summed E-state index contributed by atoms with van der Waals surface area (Å²) in [5.74, 6) is 0.0894. The average molecular weight is 338 g/mol. The van der Waals surface area contributed by atoms with Gasteiger partial charge in [0.1, 0.15) is 0 Å². The Morgan fingerprint density at radius 1 is 1.22 bits per heavy atom. The third-order valence-electron chi connectivity index (χ3n) is 4.44. The lowest BCUT2D eigenvalue weighted by atomic mass is 9.85. The molecule has 0 aliphatic heterocycles. The molecule has 3 amide bonds. The van der Waals surface area contributed by atoms with E-state index in [-0.39, 0.29) is 23.9 Å². The van der Waals surface area contributed by atoms with Gasteiger partial charge in [-0.15, -0.1) is 0 Å². The zero-order valence-electron chi connectivity index (χ0n) is 13.3. The first-order valence-electron chi connectivity index (χ1n) is 8.11. The van der Waals surface area contributed by atoms with Crippen LogP contribution in [0.1, 0.15) is 50.6 Å². The summed E-state index contributed by atoms with van der Waals surface area (Å²) < 4.78 is 0. The maximum Gasteiger partial charge on any atom is 0.312 e. The molecule has 23 heavy (non-hydrogen) atoms. The number of hydrogen-bond acceptors (Lipinski definition) is 2. The van der Waals surface area contributed by atoms with Crippen molar-refractivity contribution in [3.8, 4) is 0 Å². The fourth-order valence-electron chi connectivity index (χ4n) is 3.11. The minimum Gasteiger partial charge on any atom is -0.352 e. The Bertz CT molecular complexity index is 539. The van der Waals surface area contributed by atoms with Crippen LogP contribution in [0.15, 0.2) is 24.3 Å². The van der Waals surface area contributed by atoms with Crippen molar-refractivity contribution in [3.63, 3.8) is 0 Å². The van der Waals surface area contributed by atoms with Gasteiger partial charge in [-0.3, -0.25) is 4.79 Å². The molecule has 0 radical (unpaired) electrons. The second kappa shape index (κ2) is 8.20. The van der Waals surface area contributed by atoms with Crippen LogP contribution in [-0.4, -0.2) is 18.0 Å². The van der Waals surface area contributed by atoms with Gasteiger partial charge in [0.05, 0.1) is 6.04 Å². The van der Waals surface area contributed by atoms with Crippen LogP contribution >= 0.6 is 11.6 Å². The third kappa shape index (κ3) is 5.13. The fraction of sp³-hybridized carbons (Fsp3) is 0.529. The van der Waals surface area contributed by atoms with Crippen molar-refractivity contribution in [2.45, 2.75) is 51.1 Å². The number of benzene rings is 1. The molecule has 0 unspecified atom stereocenters. The lowest BCUT2D eigenvalue weighted by molar-refractivity contribution is -0.126. The van der Waals surface area contributed by atoms with Crippen molar-refractivity contribution >= 4 is 23.5 Å². The number of nitrogens with two attached hydrogens (primary N) is 1. The maximum absolute atomic E-state index is 12.5. The van der Waals surface area contributed by atoms with E-state index >= 15 is 0 Å². The molecule has 1 aromatic rings. The van der Waals surface area contributed by atoms with E-state index in [1.54, 1.807) is 0 Å². The molecule has 2 rings (SSSR count). The van der Waals surface area contributed by atoms with E-state index in [4.69, 9.17) is 17.3 Å². The summed E-state index contributed by atoms with van der Waals surface area (Å²) in [6.07, 6.45) is 3.95. The molecule has 126 valence electrons. The van der Waals surface area contributed by atoms with Crippen LogP contribution in [0.2, 0.25) is 5.02 Å². The minimum absolute atomic E-state index is 0.00114. The van der Waals surface area contributed by atoms with E-state index in [9.17, 15) is 9.59 Å². The number of nitrogens with one attached hydrogen (secondary N) is 2. The predicted octanol–water partition coefficient (Wildman–Crippen LogP) is 3.13. The first kappa shape index (κ1) is 17.6. The van der Waals surface area contributed by atoms with E-state index in [0.717, 1.165) is 37.7 Å². The largest absolute Gasteiger partial charge is 0.352 e. The summed E-state index contributed by atoms with van der Waals surface area (Å²) in [4.78, 5) is 23.4. The number of halogens is 1. The minimum atomic E-state index is -0.494. The zero-order chi connectivity index (χ0) is 16.8. The van der Waals surface area contributed by atoms with Crippen LogP contribution in [0.4, 0.5) is 4.79 Å². The van der Waals surface area contributed by atoms with E-state index < -0.39 is 6.03 Å². The highest BCUT2D eigenvalue weighted by Crippen LogP contribution is 2.26. The molecule has 1 saturated carbocycles. The Balaban J connectivity index is 1.88. The van der Waals surface area contributed by atoms with Crippen molar-refractivity contribution < 1.29 is 9.59 Å². The highest BCUT2D eigenvalue weighted by molar-refractivity contribution is 6.30. The van der Waals surface area contributed by atoms with Crippen molar-refractivity contribution in [1.82, 2.24) is 10.6 Å². The number of carbonyl (C=O) groups excluding carboxylic acids is 2. The first-order valence-corrected chi connectivity index (χ1v) is 8.49. The van der Waals surface area contributed by atoms with Gasteiger partial charge >= 0.3 is 6.03 Å². The van der Waals surface area contributed by atoms with Gasteiger partial charge in [0.25, 0.3) is 0 Å². The lowest BCUT2D eigenvalue weighted by Gasteiger charge is -2.29. The van der Waals surface area contributed by atoms with Gasteiger partial charge in [0, 0.05) is 17.0 Å². The quantitative estimate of drug-likeness (QED) is 0.771. The van der Waals surface area contributed by atoms with E-state index in [0.29, 0.717) is 5.02 Å². The molecule has 1 aromatic carbocycles. The molecule has 1 aliphatic rings. The van der Waals surface area contributed by atoms with E-state index in [1.165, 1.54) is 0 Å². The molecule has 0 aromatic heterocycles. The van der Waals surface area contributed by atoms with Gasteiger partial charge < -0.3 is 16.4 Å². The van der Waals surface area contributed by atoms with Gasteiger partial charge in [-0.25, -0.2) is 4.79 Å². The lowest BCUT2D eigenvalue weighted by Crippen LogP contribution is -2.43. The number of hydrogen-bond donors (Lipinski definition) is 3. The molecule has 6 heteroatoms. The number of amides is 3. The van der Waals surface area contributed by atoms with E-state index in [2.05, 4.69) is 10.6 Å². The molecule has 4 N–H and O–H groups in total. The molecule has 5 nitrogen and oxygen atoms in total. The standard InChI is InChI=1S/C17H24ClN3O2/c1-2-15(11-3-7-13(18)8-4-11)21-16(22)12-5-9-14(10-6-12)20-17(19)23/h3-4,7-8,12,14-15H,2,5-6,9-10H2,1H3,(H,21,22)(H3,19,20,23)/t12?,14?,15-/m0/s1. The Labute approximate surface area is 142 Å². The van der Waals surface area contributed by atoms with Crippen LogP contribution in [0.25, 0.3) is 0 Å². The third-order valence-corrected chi connectivity index (χ3v) is 4.69. The Morgan fingerprint density at radius 2 is 1.83 bits per heavy atom. The highest BCUT2D eigenvalue weighted by atomic mass is 35.5. The van der Waals surface area contributed by atoms with E-state index in [1.807, 2.05) is 31.2 Å². The van der Waals surface area contributed by atoms with Crippen LogP contribution < -0.4 is 16.4 Å². The van der Waals surface area contributed by atoms with Crippen molar-refractivity contribution in [2.24, 2.45) is 11.7 Å². The summed E-state index contributed by atoms with van der Waals surface area (Å²) in [6, 6.07) is 7.18. The summed E-state index contributed by atoms with van der Waals surface area (Å²) in [5.41, 5.74) is 6.20. The van der Waals surface area contributed by atoms with Gasteiger partial charge in [-0.2, -0.15) is 0 Å². The molecule has 0 spiro atoms. The Kier molecular flexibility index (Phi) is 6.28. The number of primary amides is 1. The van der Waals surface area contributed by atoms with Gasteiger partial charge in [-0.1, -0.05) is 30.7 Å². The monoisotopic (exact) mass is 337 g/mol. The highest BCUT2D eigenvalue weighted by Gasteiger charge is 2.28. The van der Waals surface area contributed by atoms with Gasteiger partial charge in [-0.05, 0) is 49.8 Å². The predicted molar refractivity (Wildman–Crippen MR) is 91.1 cm³/mol. The van der Waals surface area contributed by atoms with Crippen molar-refractivity contribution in [3.05, 3.63) is 34.9 Å². The Hall–Kier alpha value is -1.75. The van der Waals surface area contributed by atoms with Crippen molar-refractivity contribution in [2.75, 3.05) is 0 Å². The normalized spacial score (nSPS) is 22.2. The average Bonchev–Trinajstić information content (AvgIpc) is 2.53. The fourth-order valence-corrected chi connectivity index (χ4v) is 3.23. The summed E-state index contributed by atoms with van der Waals surface area (Å²) >= 11 is 5.91. The molecule has 1 fully saturated rings. The van der Waals surface area contributed by atoms with Crippen molar-refractivity contribution in [1.29, 1.82) is 0 Å². The number of carbonyl (C=O) groups is 2. The smallest absolute Gasteiger partial charge is 0.312 e. The summed E-state index contributed by atoms with van der Waals surface area (Å²) in [6.45, 7) is 2.05. The summed E-state index contributed by atoms with van der Waals surface area (Å²) in [5, 5.41) is 6.54. The zero-order valence-corrected chi connectivity index (χ0v) is 14.1. The molecular weight excluding hydrogens is 314 g/mol. The first-order chi connectivity index (χ1) is 11.0. The molecule has 1 aliphatic carbocycles. The number of rotatable bonds is 5. The Morgan fingerprint density at radius 3 is 2.35 bits per heavy atom. The van der Waals surface area contributed by atoms with Crippen LogP contribution in [0.3, 0.4) is 0 Å². The van der Waals surface area contributed by atoms with Crippen LogP contribution in [0.5, 0.6) is 0 Å². The van der Waals surface area contributed by atoms with Crippen LogP contribution in [0, 0.1) is 5.92 Å². The maximum atomic E-state index is 12.5. The molecule has 0 saturated heterocycles. The second-order valence-electron chi connectivity index (χ2n) is 6.08. The topological polar surface area (TPSA) is 84.2 Å². The molecule has 0 bridgehead atoms. The van der Waals surface area contributed by atoms with Gasteiger partial charge in [0.2, 0.25) is 5.91 Å². The molecule has 0 heterocycles.